The van der Waals surface area contributed by atoms with Crippen molar-refractivity contribution in [3.8, 4) is 0 Å². The predicted molar refractivity (Wildman–Crippen MR) is 33.9 cm³/mol. The van der Waals surface area contributed by atoms with Crippen molar-refractivity contribution in [3.05, 3.63) is 24.3 Å². The summed E-state index contributed by atoms with van der Waals surface area (Å²) in [7, 11) is 0. The van der Waals surface area contributed by atoms with Gasteiger partial charge in [-0.3, -0.25) is 5.10 Å². The van der Waals surface area contributed by atoms with Gasteiger partial charge in [0.2, 0.25) is 0 Å². The molecule has 4 heteroatoms. The number of H-pyrrole nitrogens is 1. The maximum Gasteiger partial charge on any atom is 0.112 e. The van der Waals surface area contributed by atoms with Crippen molar-refractivity contribution >= 4 is 11.0 Å². The molecule has 0 saturated carbocycles. The zero-order valence-corrected chi connectivity index (χ0v) is 6.16. The van der Waals surface area contributed by atoms with E-state index < -0.39 is 0 Å². The number of aromatic nitrogens is 3. The monoisotopic (exact) mass is 175 g/mol. The van der Waals surface area contributed by atoms with E-state index >= 15 is 0 Å². The number of nitrogens with zero attached hydrogens (tertiary/aromatic N) is 2. The first kappa shape index (κ1) is 7.25. The van der Waals surface area contributed by atoms with E-state index in [-0.39, 0.29) is 17.1 Å². The van der Waals surface area contributed by atoms with Crippen LogP contribution in [0.3, 0.4) is 0 Å². The minimum absolute atomic E-state index is 0. The van der Waals surface area contributed by atoms with Crippen LogP contribution in [0.2, 0.25) is 0 Å². The fraction of sp³-hybridized carbons (Fsp3) is 0. The van der Waals surface area contributed by atoms with Gasteiger partial charge in [0.05, 0.1) is 5.52 Å². The topological polar surface area (TPSA) is 41.6 Å². The molecular formula is C6H5FeN3. The van der Waals surface area contributed by atoms with Crippen molar-refractivity contribution in [2.24, 2.45) is 0 Å². The van der Waals surface area contributed by atoms with Crippen molar-refractivity contribution in [2.45, 2.75) is 0 Å². The van der Waals surface area contributed by atoms with Gasteiger partial charge in [-0.25, -0.2) is 0 Å². The van der Waals surface area contributed by atoms with E-state index in [2.05, 4.69) is 15.4 Å². The quantitative estimate of drug-likeness (QED) is 0.605. The Balaban J connectivity index is 0.000000500. The first-order valence-corrected chi connectivity index (χ1v) is 2.72. The van der Waals surface area contributed by atoms with Crippen molar-refractivity contribution in [1.29, 1.82) is 0 Å². The first-order valence-electron chi connectivity index (χ1n) is 2.72. The fourth-order valence-corrected chi connectivity index (χ4v) is 0.788. The molecule has 0 radical (unpaired) electrons. The summed E-state index contributed by atoms with van der Waals surface area (Å²) in [4.78, 5) is 0. The van der Waals surface area contributed by atoms with Gasteiger partial charge >= 0.3 is 0 Å². The molecule has 52 valence electrons. The average Bonchev–Trinajstić information content (AvgIpc) is 2.33. The predicted octanol–water partition coefficient (Wildman–Crippen LogP) is 0.955. The summed E-state index contributed by atoms with van der Waals surface area (Å²) in [6.07, 6.45) is 0. The van der Waals surface area contributed by atoms with Gasteiger partial charge in [-0.1, -0.05) is 17.3 Å². The normalized spacial score (nSPS) is 9.20. The van der Waals surface area contributed by atoms with Crippen LogP contribution in [0, 0.1) is 0 Å². The standard InChI is InChI=1S/C6H5N3.Fe/c1-2-4-6-5(3-1)7-9-8-6;/h1-4H,(H,7,8,9);. The van der Waals surface area contributed by atoms with E-state index in [0.717, 1.165) is 11.0 Å². The van der Waals surface area contributed by atoms with Gasteiger partial charge in [-0.05, 0) is 12.1 Å². The molecule has 0 atom stereocenters. The Hall–Kier alpha value is -0.861. The summed E-state index contributed by atoms with van der Waals surface area (Å²) in [6, 6.07) is 7.74. The Bertz CT molecular complexity index is 287. The van der Waals surface area contributed by atoms with E-state index in [9.17, 15) is 0 Å². The van der Waals surface area contributed by atoms with E-state index in [1.807, 2.05) is 24.3 Å². The number of hydrogen-bond donors (Lipinski definition) is 1. The second kappa shape index (κ2) is 2.82. The summed E-state index contributed by atoms with van der Waals surface area (Å²) in [6.45, 7) is 0. The van der Waals surface area contributed by atoms with Crippen molar-refractivity contribution in [2.75, 3.05) is 0 Å². The number of benzene rings is 1. The Morgan fingerprint density at radius 2 is 2.00 bits per heavy atom. The van der Waals surface area contributed by atoms with Gasteiger partial charge in [-0.15, -0.1) is 5.10 Å². The molecule has 10 heavy (non-hydrogen) atoms. The smallest absolute Gasteiger partial charge is 0.112 e. The van der Waals surface area contributed by atoms with E-state index in [1.54, 1.807) is 0 Å². The molecule has 1 aromatic heterocycles. The molecule has 0 saturated heterocycles. The molecule has 0 aliphatic rings. The molecule has 1 heterocycles. The van der Waals surface area contributed by atoms with Crippen LogP contribution in [-0.2, 0) is 17.1 Å². The Kier molecular flexibility index (Phi) is 2.04. The average molecular weight is 175 g/mol. The third-order valence-corrected chi connectivity index (χ3v) is 1.23. The number of rotatable bonds is 0. The molecule has 2 rings (SSSR count). The SMILES string of the molecule is [Fe].c1ccc2[nH]nnc2c1. The van der Waals surface area contributed by atoms with Crippen LogP contribution >= 0.6 is 0 Å². The molecule has 0 aliphatic heterocycles. The Labute approximate surface area is 68.3 Å². The molecule has 0 aliphatic carbocycles. The summed E-state index contributed by atoms with van der Waals surface area (Å²) in [5.41, 5.74) is 1.90. The Morgan fingerprint density at radius 1 is 1.20 bits per heavy atom. The van der Waals surface area contributed by atoms with E-state index in [0.29, 0.717) is 0 Å². The van der Waals surface area contributed by atoms with Crippen LogP contribution < -0.4 is 0 Å². The van der Waals surface area contributed by atoms with Crippen LogP contribution in [0.25, 0.3) is 11.0 Å². The molecule has 0 amide bonds. The number of hydrogen-bond acceptors (Lipinski definition) is 2. The maximum atomic E-state index is 3.81. The zero-order valence-electron chi connectivity index (χ0n) is 5.06. The molecule has 0 spiro atoms. The molecule has 1 aromatic carbocycles. The molecule has 0 unspecified atom stereocenters. The van der Waals surface area contributed by atoms with E-state index in [1.165, 1.54) is 0 Å². The molecule has 3 nitrogen and oxygen atoms in total. The third-order valence-electron chi connectivity index (χ3n) is 1.23. The van der Waals surface area contributed by atoms with Gasteiger partial charge in [0, 0.05) is 17.1 Å². The second-order valence-corrected chi connectivity index (χ2v) is 1.83. The first-order chi connectivity index (χ1) is 4.47. The van der Waals surface area contributed by atoms with Crippen LogP contribution in [-0.4, -0.2) is 15.4 Å². The number of fused-ring (bicyclic) bond motifs is 1. The van der Waals surface area contributed by atoms with Gasteiger partial charge < -0.3 is 0 Å². The third kappa shape index (κ3) is 1.03. The molecule has 0 fully saturated rings. The van der Waals surface area contributed by atoms with Crippen LogP contribution in [0.4, 0.5) is 0 Å². The van der Waals surface area contributed by atoms with Crippen LogP contribution in [0.1, 0.15) is 0 Å². The van der Waals surface area contributed by atoms with Gasteiger partial charge in [0.15, 0.2) is 0 Å². The summed E-state index contributed by atoms with van der Waals surface area (Å²) in [5, 5.41) is 10.2. The summed E-state index contributed by atoms with van der Waals surface area (Å²) >= 11 is 0. The van der Waals surface area contributed by atoms with Crippen molar-refractivity contribution in [3.63, 3.8) is 0 Å². The number of aromatic amines is 1. The van der Waals surface area contributed by atoms with Gasteiger partial charge in [-0.2, -0.15) is 0 Å². The molecular weight excluding hydrogens is 170 g/mol. The largest absolute Gasteiger partial charge is 0.258 e. The zero-order chi connectivity index (χ0) is 6.10. The summed E-state index contributed by atoms with van der Waals surface area (Å²) < 4.78 is 0. The minimum atomic E-state index is 0. The summed E-state index contributed by atoms with van der Waals surface area (Å²) in [5.74, 6) is 0. The van der Waals surface area contributed by atoms with Gasteiger partial charge in [0.1, 0.15) is 5.52 Å². The maximum absolute atomic E-state index is 3.81. The van der Waals surface area contributed by atoms with E-state index in [4.69, 9.17) is 0 Å². The number of para-hydroxylation sites is 1. The van der Waals surface area contributed by atoms with Crippen LogP contribution in [0.5, 0.6) is 0 Å². The van der Waals surface area contributed by atoms with Gasteiger partial charge in [0.25, 0.3) is 0 Å². The molecule has 2 aromatic rings. The van der Waals surface area contributed by atoms with Crippen LogP contribution in [0.15, 0.2) is 24.3 Å². The number of nitrogens with one attached hydrogen (secondary N) is 1. The van der Waals surface area contributed by atoms with Crippen molar-refractivity contribution < 1.29 is 17.1 Å². The molecule has 0 bridgehead atoms. The molecule has 1 N–H and O–H groups in total. The minimum Gasteiger partial charge on any atom is -0.258 e. The second-order valence-electron chi connectivity index (χ2n) is 1.83. The van der Waals surface area contributed by atoms with Crippen molar-refractivity contribution in [1.82, 2.24) is 15.4 Å². The Morgan fingerprint density at radius 3 is 2.80 bits per heavy atom. The fourth-order valence-electron chi connectivity index (χ4n) is 0.788.